The van der Waals surface area contributed by atoms with Crippen molar-refractivity contribution in [1.82, 2.24) is 24.4 Å². The molecule has 9 nitrogen and oxygen atoms in total. The van der Waals surface area contributed by atoms with Crippen LogP contribution in [0.15, 0.2) is 11.0 Å². The largest absolute Gasteiger partial charge is 0.444 e. The van der Waals surface area contributed by atoms with Crippen LogP contribution in [0.2, 0.25) is 0 Å². The van der Waals surface area contributed by atoms with Crippen molar-refractivity contribution in [2.24, 2.45) is 0 Å². The van der Waals surface area contributed by atoms with E-state index in [1.165, 1.54) is 6.20 Å². The maximum atomic E-state index is 12.7. The van der Waals surface area contributed by atoms with Crippen LogP contribution in [0.4, 0.5) is 10.7 Å². The highest BCUT2D eigenvalue weighted by molar-refractivity contribution is 5.74. The molecule has 0 unspecified atom stereocenters. The summed E-state index contributed by atoms with van der Waals surface area (Å²) in [4.78, 5) is 40.1. The van der Waals surface area contributed by atoms with E-state index in [2.05, 4.69) is 20.3 Å². The summed E-state index contributed by atoms with van der Waals surface area (Å²) in [5.74, 6) is 0.466. The van der Waals surface area contributed by atoms with Gasteiger partial charge in [0.2, 0.25) is 5.95 Å². The van der Waals surface area contributed by atoms with Gasteiger partial charge in [0.1, 0.15) is 11.1 Å². The molecule has 152 valence electrons. The van der Waals surface area contributed by atoms with E-state index in [4.69, 9.17) is 4.74 Å². The molecule has 0 bridgehead atoms. The quantitative estimate of drug-likeness (QED) is 0.862. The molecule has 1 aliphatic heterocycles. The monoisotopic (exact) mass is 388 g/mol. The van der Waals surface area contributed by atoms with Crippen molar-refractivity contribution < 1.29 is 9.53 Å². The van der Waals surface area contributed by atoms with E-state index in [1.54, 1.807) is 9.47 Å². The average molecular weight is 388 g/mol. The normalized spacial score (nSPS) is 17.6. The third-order valence-electron chi connectivity index (χ3n) is 4.56. The zero-order valence-corrected chi connectivity index (χ0v) is 17.2. The lowest BCUT2D eigenvalue weighted by Gasteiger charge is -2.35. The standard InChI is InChI=1S/C19H28N6O3/c1-6-20-17-22-12(2)15-16(23-17)25(14(26)10-21-15)13-8-7-9-24(11-13)18(27)28-19(3,4)5/h10,13H,6-9,11H2,1-5H3,(H,20,22,23)/t13-/m0/s1. The molecule has 0 saturated carbocycles. The lowest BCUT2D eigenvalue weighted by Crippen LogP contribution is -2.45. The molecule has 1 amide bonds. The fourth-order valence-corrected chi connectivity index (χ4v) is 3.41. The van der Waals surface area contributed by atoms with Gasteiger partial charge in [0.05, 0.1) is 17.9 Å². The first-order valence-electron chi connectivity index (χ1n) is 9.67. The Bertz CT molecular complexity index is 934. The lowest BCUT2D eigenvalue weighted by atomic mass is 10.1. The van der Waals surface area contributed by atoms with Crippen molar-refractivity contribution in [2.45, 2.75) is 59.1 Å². The van der Waals surface area contributed by atoms with Crippen molar-refractivity contribution in [1.29, 1.82) is 0 Å². The molecule has 1 N–H and O–H groups in total. The summed E-state index contributed by atoms with van der Waals surface area (Å²) < 4.78 is 7.15. The number of carbonyl (C=O) groups is 1. The number of ether oxygens (including phenoxy) is 1. The van der Waals surface area contributed by atoms with E-state index in [0.717, 1.165) is 12.8 Å². The van der Waals surface area contributed by atoms with Gasteiger partial charge in [-0.25, -0.2) is 14.8 Å². The Labute approximate surface area is 164 Å². The third-order valence-corrected chi connectivity index (χ3v) is 4.56. The number of carbonyl (C=O) groups excluding carboxylic acids is 1. The molecule has 0 aliphatic carbocycles. The number of piperidine rings is 1. The predicted molar refractivity (Wildman–Crippen MR) is 107 cm³/mol. The molecular formula is C19H28N6O3. The fourth-order valence-electron chi connectivity index (χ4n) is 3.41. The highest BCUT2D eigenvalue weighted by Gasteiger charge is 2.30. The number of aromatic nitrogens is 4. The summed E-state index contributed by atoms with van der Waals surface area (Å²) >= 11 is 0. The Morgan fingerprint density at radius 2 is 2.11 bits per heavy atom. The molecule has 1 fully saturated rings. The Morgan fingerprint density at radius 3 is 2.79 bits per heavy atom. The lowest BCUT2D eigenvalue weighted by molar-refractivity contribution is 0.0172. The van der Waals surface area contributed by atoms with Crippen LogP contribution in [0.3, 0.4) is 0 Å². The van der Waals surface area contributed by atoms with Gasteiger partial charge < -0.3 is 15.0 Å². The molecule has 1 atom stereocenters. The van der Waals surface area contributed by atoms with E-state index in [1.807, 2.05) is 34.6 Å². The number of rotatable bonds is 3. The maximum Gasteiger partial charge on any atom is 0.410 e. The Kier molecular flexibility index (Phi) is 5.53. The van der Waals surface area contributed by atoms with Gasteiger partial charge in [0, 0.05) is 19.6 Å². The van der Waals surface area contributed by atoms with Crippen LogP contribution in [-0.2, 0) is 4.74 Å². The van der Waals surface area contributed by atoms with Crippen LogP contribution >= 0.6 is 0 Å². The maximum absolute atomic E-state index is 12.7. The van der Waals surface area contributed by atoms with Gasteiger partial charge >= 0.3 is 6.09 Å². The number of aryl methyl sites for hydroxylation is 1. The Hall–Kier alpha value is -2.71. The van der Waals surface area contributed by atoms with Gasteiger partial charge in [-0.1, -0.05) is 0 Å². The van der Waals surface area contributed by atoms with Crippen LogP contribution < -0.4 is 10.9 Å². The molecule has 28 heavy (non-hydrogen) atoms. The first-order chi connectivity index (χ1) is 13.2. The first kappa shape index (κ1) is 20.0. The minimum absolute atomic E-state index is 0.192. The zero-order chi connectivity index (χ0) is 20.5. The highest BCUT2D eigenvalue weighted by atomic mass is 16.6. The number of hydrogen-bond donors (Lipinski definition) is 1. The summed E-state index contributed by atoms with van der Waals surface area (Å²) in [6, 6.07) is -0.192. The van der Waals surface area contributed by atoms with Crippen LogP contribution in [0, 0.1) is 6.92 Å². The van der Waals surface area contributed by atoms with Gasteiger partial charge in [-0.2, -0.15) is 4.98 Å². The summed E-state index contributed by atoms with van der Waals surface area (Å²) in [5.41, 5.74) is 0.996. The molecule has 1 aliphatic rings. The second-order valence-electron chi connectivity index (χ2n) is 8.02. The van der Waals surface area contributed by atoms with Crippen molar-refractivity contribution in [3.8, 4) is 0 Å². The number of amides is 1. The predicted octanol–water partition coefficient (Wildman–Crippen LogP) is 2.50. The summed E-state index contributed by atoms with van der Waals surface area (Å²) in [7, 11) is 0. The van der Waals surface area contributed by atoms with Crippen molar-refractivity contribution in [3.63, 3.8) is 0 Å². The van der Waals surface area contributed by atoms with Crippen LogP contribution in [0.1, 0.15) is 52.3 Å². The summed E-state index contributed by atoms with van der Waals surface area (Å²) in [6.07, 6.45) is 2.50. The van der Waals surface area contributed by atoms with Crippen molar-refractivity contribution >= 4 is 23.2 Å². The van der Waals surface area contributed by atoms with E-state index >= 15 is 0 Å². The number of nitrogens with zero attached hydrogens (tertiary/aromatic N) is 5. The Morgan fingerprint density at radius 1 is 1.36 bits per heavy atom. The number of hydrogen-bond acceptors (Lipinski definition) is 7. The second kappa shape index (κ2) is 7.73. The van der Waals surface area contributed by atoms with E-state index < -0.39 is 5.60 Å². The molecule has 3 heterocycles. The van der Waals surface area contributed by atoms with Crippen LogP contribution in [0.25, 0.3) is 11.2 Å². The third kappa shape index (κ3) is 4.23. The Balaban J connectivity index is 1.99. The SMILES string of the molecule is CCNc1nc(C)c2ncc(=O)n([C@H]3CCCN(C(=O)OC(C)(C)C)C3)c2n1. The fraction of sp³-hybridized carbons (Fsp3) is 0.632. The summed E-state index contributed by atoms with van der Waals surface area (Å²) in [6.45, 7) is 11.0. The number of fused-ring (bicyclic) bond motifs is 1. The van der Waals surface area contributed by atoms with E-state index in [9.17, 15) is 9.59 Å². The number of likely N-dealkylation sites (tertiary alicyclic amines) is 1. The molecule has 0 aromatic carbocycles. The first-order valence-corrected chi connectivity index (χ1v) is 9.67. The molecular weight excluding hydrogens is 360 g/mol. The topological polar surface area (TPSA) is 102 Å². The van der Waals surface area contributed by atoms with Gasteiger partial charge in [-0.05, 0) is 47.5 Å². The number of nitrogens with one attached hydrogen (secondary N) is 1. The molecule has 1 saturated heterocycles. The molecule has 2 aromatic heterocycles. The molecule has 2 aromatic rings. The smallest absolute Gasteiger partial charge is 0.410 e. The summed E-state index contributed by atoms with van der Waals surface area (Å²) in [5, 5.41) is 3.09. The van der Waals surface area contributed by atoms with E-state index in [0.29, 0.717) is 42.4 Å². The van der Waals surface area contributed by atoms with Gasteiger partial charge in [-0.3, -0.25) is 9.36 Å². The highest BCUT2D eigenvalue weighted by Crippen LogP contribution is 2.25. The minimum atomic E-state index is -0.560. The van der Waals surface area contributed by atoms with Gasteiger partial charge in [0.15, 0.2) is 5.65 Å². The second-order valence-corrected chi connectivity index (χ2v) is 8.02. The molecule has 3 rings (SSSR count). The average Bonchev–Trinajstić information content (AvgIpc) is 2.60. The van der Waals surface area contributed by atoms with Crippen molar-refractivity contribution in [3.05, 3.63) is 22.2 Å². The van der Waals surface area contributed by atoms with Crippen LogP contribution in [0.5, 0.6) is 0 Å². The molecule has 0 spiro atoms. The van der Waals surface area contributed by atoms with Gasteiger partial charge in [0.25, 0.3) is 5.56 Å². The number of anilines is 1. The molecule has 9 heteroatoms. The van der Waals surface area contributed by atoms with Gasteiger partial charge in [-0.15, -0.1) is 0 Å². The minimum Gasteiger partial charge on any atom is -0.444 e. The zero-order valence-electron chi connectivity index (χ0n) is 17.2. The van der Waals surface area contributed by atoms with E-state index in [-0.39, 0.29) is 17.7 Å². The molecule has 0 radical (unpaired) electrons. The van der Waals surface area contributed by atoms with Crippen molar-refractivity contribution in [2.75, 3.05) is 25.0 Å². The van der Waals surface area contributed by atoms with Crippen LogP contribution in [-0.4, -0.2) is 55.7 Å².